The Hall–Kier alpha value is -0.830. The van der Waals surface area contributed by atoms with Gasteiger partial charge in [-0.2, -0.15) is 0 Å². The Balaban J connectivity index is 1.50. The van der Waals surface area contributed by atoms with Gasteiger partial charge in [-0.05, 0) is 98.2 Å². The molecule has 0 aromatic carbocycles. The van der Waals surface area contributed by atoms with Gasteiger partial charge in [-0.15, -0.1) is 0 Å². The minimum absolute atomic E-state index is 0.103. The molecule has 4 aliphatic carbocycles. The Labute approximate surface area is 183 Å². The van der Waals surface area contributed by atoms with Gasteiger partial charge >= 0.3 is 5.97 Å². The number of carboxylic acids is 1. The van der Waals surface area contributed by atoms with Crippen LogP contribution in [0.15, 0.2) is 11.6 Å². The molecule has 0 amide bonds. The van der Waals surface area contributed by atoms with Crippen molar-refractivity contribution < 1.29 is 15.0 Å². The summed E-state index contributed by atoms with van der Waals surface area (Å²) in [7, 11) is 0. The van der Waals surface area contributed by atoms with Crippen LogP contribution >= 0.6 is 0 Å². The summed E-state index contributed by atoms with van der Waals surface area (Å²) in [6, 6.07) is 0. The Bertz CT molecular complexity index is 682. The fraction of sp³-hybridized carbons (Fsp3) is 0.889. The third kappa shape index (κ3) is 3.67. The second-order valence-electron chi connectivity index (χ2n) is 12.2. The average Bonchev–Trinajstić information content (AvgIpc) is 2.99. The molecule has 170 valence electrons. The van der Waals surface area contributed by atoms with Crippen LogP contribution < -0.4 is 0 Å². The summed E-state index contributed by atoms with van der Waals surface area (Å²) in [5.41, 5.74) is 1.69. The number of carbonyl (C=O) groups is 1. The van der Waals surface area contributed by atoms with Gasteiger partial charge in [0, 0.05) is 0 Å². The number of hydrogen-bond donors (Lipinski definition) is 2. The van der Waals surface area contributed by atoms with Gasteiger partial charge in [-0.3, -0.25) is 4.79 Å². The van der Waals surface area contributed by atoms with Crippen molar-refractivity contribution in [1.82, 2.24) is 0 Å². The highest BCUT2D eigenvalue weighted by Crippen LogP contribution is 2.66. The van der Waals surface area contributed by atoms with Crippen molar-refractivity contribution in [3.05, 3.63) is 11.6 Å². The first kappa shape index (κ1) is 22.4. The van der Waals surface area contributed by atoms with E-state index in [1.165, 1.54) is 37.7 Å². The predicted octanol–water partition coefficient (Wildman–Crippen LogP) is 6.45. The second kappa shape index (κ2) is 8.26. The summed E-state index contributed by atoms with van der Waals surface area (Å²) >= 11 is 0. The number of carboxylic acid groups (broad SMARTS) is 1. The zero-order valence-electron chi connectivity index (χ0n) is 19.7. The Kier molecular flexibility index (Phi) is 6.16. The lowest BCUT2D eigenvalue weighted by Crippen LogP contribution is -2.53. The zero-order valence-corrected chi connectivity index (χ0v) is 19.7. The van der Waals surface area contributed by atoms with E-state index >= 15 is 0 Å². The quantitative estimate of drug-likeness (QED) is 0.489. The molecule has 3 fully saturated rings. The van der Waals surface area contributed by atoms with Gasteiger partial charge in [-0.25, -0.2) is 0 Å². The largest absolute Gasteiger partial charge is 0.481 e. The SMILES string of the molecule is CC(C)CCC[C@H](C(=O)O)C1=CC[C@@]2(C)[C@H](CC[C@@H]3[C@@H]2CC[C@]2(C)[C@@H](O)CC[C@@H]32)C1. The highest BCUT2D eigenvalue weighted by atomic mass is 16.4. The molecule has 2 N–H and O–H groups in total. The van der Waals surface area contributed by atoms with Gasteiger partial charge in [0.05, 0.1) is 12.0 Å². The lowest BCUT2D eigenvalue weighted by molar-refractivity contribution is -0.141. The molecular weight excluding hydrogens is 372 g/mol. The standard InChI is InChI=1S/C27H44O3/c1-17(2)6-5-7-20(25(29)30)18-12-14-26(3)19(16-18)8-9-21-22-10-11-24(28)27(22,4)15-13-23(21)26/h12,17,19-24,28H,5-11,13-16H2,1-4H3,(H,29,30)/t19-,20+,21+,22+,23+,24+,26+,27+/m1/s1. The molecule has 0 spiro atoms. The number of rotatable bonds is 6. The first-order valence-corrected chi connectivity index (χ1v) is 12.8. The molecule has 0 bridgehead atoms. The number of allylic oxidation sites excluding steroid dienone is 1. The molecule has 0 aliphatic heterocycles. The van der Waals surface area contributed by atoms with Crippen LogP contribution in [0.5, 0.6) is 0 Å². The maximum Gasteiger partial charge on any atom is 0.310 e. The van der Waals surface area contributed by atoms with E-state index in [9.17, 15) is 15.0 Å². The summed E-state index contributed by atoms with van der Waals surface area (Å²) in [4.78, 5) is 12.1. The molecule has 4 aliphatic rings. The van der Waals surface area contributed by atoms with E-state index in [2.05, 4.69) is 33.8 Å². The molecule has 0 aromatic rings. The predicted molar refractivity (Wildman–Crippen MR) is 121 cm³/mol. The molecule has 0 radical (unpaired) electrons. The van der Waals surface area contributed by atoms with Crippen molar-refractivity contribution in [3.63, 3.8) is 0 Å². The summed E-state index contributed by atoms with van der Waals surface area (Å²) in [6.07, 6.45) is 14.4. The fourth-order valence-corrected chi connectivity index (χ4v) is 8.36. The van der Waals surface area contributed by atoms with Crippen LogP contribution in [-0.2, 0) is 4.79 Å². The first-order valence-electron chi connectivity index (χ1n) is 12.8. The highest BCUT2D eigenvalue weighted by Gasteiger charge is 2.59. The molecule has 0 aromatic heterocycles. The molecular formula is C27H44O3. The van der Waals surface area contributed by atoms with E-state index < -0.39 is 5.97 Å². The van der Waals surface area contributed by atoms with Gasteiger partial charge < -0.3 is 10.2 Å². The molecule has 3 saturated carbocycles. The van der Waals surface area contributed by atoms with Crippen molar-refractivity contribution in [2.45, 2.75) is 104 Å². The lowest BCUT2D eigenvalue weighted by Gasteiger charge is -2.60. The Morgan fingerprint density at radius 3 is 2.50 bits per heavy atom. The van der Waals surface area contributed by atoms with Gasteiger partial charge in [0.1, 0.15) is 0 Å². The summed E-state index contributed by atoms with van der Waals surface area (Å²) in [5.74, 6) is 2.60. The van der Waals surface area contributed by atoms with E-state index in [4.69, 9.17) is 0 Å². The third-order valence-corrected chi connectivity index (χ3v) is 10.3. The maximum atomic E-state index is 12.1. The number of aliphatic hydroxyl groups excluding tert-OH is 1. The van der Waals surface area contributed by atoms with E-state index in [0.717, 1.165) is 50.4 Å². The van der Waals surface area contributed by atoms with Crippen LogP contribution in [0.4, 0.5) is 0 Å². The molecule has 4 rings (SSSR count). The summed E-state index contributed by atoms with van der Waals surface area (Å²) < 4.78 is 0. The molecule has 3 heteroatoms. The van der Waals surface area contributed by atoms with Gasteiger partial charge in [0.15, 0.2) is 0 Å². The van der Waals surface area contributed by atoms with Crippen LogP contribution in [0.25, 0.3) is 0 Å². The van der Waals surface area contributed by atoms with Crippen LogP contribution in [0.2, 0.25) is 0 Å². The van der Waals surface area contributed by atoms with Crippen molar-refractivity contribution in [1.29, 1.82) is 0 Å². The zero-order chi connectivity index (χ0) is 21.7. The van der Waals surface area contributed by atoms with Gasteiger partial charge in [-0.1, -0.05) is 52.2 Å². The maximum absolute atomic E-state index is 12.1. The molecule has 8 atom stereocenters. The van der Waals surface area contributed by atoms with Crippen LogP contribution in [0, 0.1) is 46.3 Å². The van der Waals surface area contributed by atoms with E-state index in [1.54, 1.807) is 0 Å². The number of aliphatic carboxylic acids is 1. The molecule has 0 heterocycles. The minimum atomic E-state index is -0.615. The average molecular weight is 417 g/mol. The van der Waals surface area contributed by atoms with E-state index in [1.807, 2.05) is 0 Å². The topological polar surface area (TPSA) is 57.5 Å². The van der Waals surface area contributed by atoms with Crippen molar-refractivity contribution in [2.75, 3.05) is 0 Å². The van der Waals surface area contributed by atoms with Crippen molar-refractivity contribution >= 4 is 5.97 Å². The fourth-order valence-electron chi connectivity index (χ4n) is 8.36. The van der Waals surface area contributed by atoms with Crippen molar-refractivity contribution in [2.24, 2.45) is 46.3 Å². The smallest absolute Gasteiger partial charge is 0.310 e. The van der Waals surface area contributed by atoms with Crippen LogP contribution in [0.3, 0.4) is 0 Å². The summed E-state index contributed by atoms with van der Waals surface area (Å²) in [5, 5.41) is 20.6. The second-order valence-corrected chi connectivity index (χ2v) is 12.2. The molecule has 30 heavy (non-hydrogen) atoms. The first-order chi connectivity index (χ1) is 14.2. The number of hydrogen-bond acceptors (Lipinski definition) is 2. The number of fused-ring (bicyclic) bond motifs is 5. The van der Waals surface area contributed by atoms with Crippen molar-refractivity contribution in [3.8, 4) is 0 Å². The monoisotopic (exact) mass is 416 g/mol. The minimum Gasteiger partial charge on any atom is -0.481 e. The Morgan fingerprint density at radius 2 is 1.80 bits per heavy atom. The molecule has 0 unspecified atom stereocenters. The highest BCUT2D eigenvalue weighted by molar-refractivity contribution is 5.73. The molecule has 3 nitrogen and oxygen atoms in total. The van der Waals surface area contributed by atoms with Crippen LogP contribution in [-0.4, -0.2) is 22.3 Å². The van der Waals surface area contributed by atoms with Gasteiger partial charge in [0.25, 0.3) is 0 Å². The Morgan fingerprint density at radius 1 is 1.07 bits per heavy atom. The number of aliphatic hydroxyl groups is 1. The normalized spacial score (nSPS) is 44.1. The third-order valence-electron chi connectivity index (χ3n) is 10.3. The van der Waals surface area contributed by atoms with Gasteiger partial charge in [0.2, 0.25) is 0 Å². The van der Waals surface area contributed by atoms with Crippen LogP contribution in [0.1, 0.15) is 98.3 Å². The van der Waals surface area contributed by atoms with E-state index in [0.29, 0.717) is 23.2 Å². The lowest BCUT2D eigenvalue weighted by atomic mass is 9.45. The van der Waals surface area contributed by atoms with E-state index in [-0.39, 0.29) is 17.4 Å². The molecule has 0 saturated heterocycles. The summed E-state index contributed by atoms with van der Waals surface area (Å²) in [6.45, 7) is 9.31.